The van der Waals surface area contributed by atoms with E-state index in [1.165, 1.54) is 19.3 Å². The second-order valence-electron chi connectivity index (χ2n) is 12.2. The molecule has 4 nitrogen and oxygen atoms in total. The Kier molecular flexibility index (Phi) is 6.15. The molecule has 0 radical (unpaired) electrons. The first-order valence-corrected chi connectivity index (χ1v) is 12.8. The van der Waals surface area contributed by atoms with E-state index in [0.29, 0.717) is 54.5 Å². The Morgan fingerprint density at radius 1 is 1.00 bits per heavy atom. The van der Waals surface area contributed by atoms with Gasteiger partial charge in [0, 0.05) is 25.2 Å². The number of aliphatic carboxylic acids is 1. The van der Waals surface area contributed by atoms with Crippen molar-refractivity contribution in [3.63, 3.8) is 0 Å². The van der Waals surface area contributed by atoms with E-state index >= 15 is 0 Å². The van der Waals surface area contributed by atoms with Crippen LogP contribution < -0.4 is 0 Å². The Balaban J connectivity index is 1.47. The molecule has 0 heterocycles. The molecule has 4 aliphatic rings. The van der Waals surface area contributed by atoms with Crippen molar-refractivity contribution >= 4 is 17.5 Å². The smallest absolute Gasteiger partial charge is 0.306 e. The van der Waals surface area contributed by atoms with Gasteiger partial charge in [-0.15, -0.1) is 0 Å². The van der Waals surface area contributed by atoms with Crippen LogP contribution in [0.15, 0.2) is 0 Å². The first-order chi connectivity index (χ1) is 14.6. The van der Waals surface area contributed by atoms with Crippen molar-refractivity contribution in [1.82, 2.24) is 0 Å². The van der Waals surface area contributed by atoms with Gasteiger partial charge in [0.1, 0.15) is 11.6 Å². The summed E-state index contributed by atoms with van der Waals surface area (Å²) in [5.41, 5.74) is 0.410. The minimum absolute atomic E-state index is 0.171. The maximum atomic E-state index is 13.4. The Morgan fingerprint density at radius 3 is 2.42 bits per heavy atom. The summed E-state index contributed by atoms with van der Waals surface area (Å²) in [6.45, 7) is 9.04. The molecular weight excluding hydrogens is 388 g/mol. The molecule has 0 aromatic rings. The molecule has 4 rings (SSSR count). The highest BCUT2D eigenvalue weighted by atomic mass is 16.4. The monoisotopic (exact) mass is 430 g/mol. The molecule has 4 saturated carbocycles. The van der Waals surface area contributed by atoms with Gasteiger partial charge in [-0.05, 0) is 78.9 Å². The fraction of sp³-hybridized carbons (Fsp3) is 0.889. The predicted molar refractivity (Wildman–Crippen MR) is 120 cm³/mol. The summed E-state index contributed by atoms with van der Waals surface area (Å²) >= 11 is 0. The standard InChI is InChI=1S/C27H42O4/c1-16(6-5-7-17(2)25(30)31)20-8-9-21-24-22(11-13-27(20,21)4)26(3)12-10-19(28)14-18(26)15-23(24)29/h16-18,20-22,24H,5-15H2,1-4H3,(H,30,31)/t16-,17?,18-,20-,21+,22+,24+,26+,27-/m1/s1. The third kappa shape index (κ3) is 3.80. The van der Waals surface area contributed by atoms with E-state index < -0.39 is 5.97 Å². The number of hydrogen-bond acceptors (Lipinski definition) is 3. The molecule has 0 aliphatic heterocycles. The first-order valence-electron chi connectivity index (χ1n) is 12.8. The number of hydrogen-bond donors (Lipinski definition) is 1. The van der Waals surface area contributed by atoms with Gasteiger partial charge >= 0.3 is 5.97 Å². The third-order valence-electron chi connectivity index (χ3n) is 10.8. The quantitative estimate of drug-likeness (QED) is 0.568. The van der Waals surface area contributed by atoms with Crippen molar-refractivity contribution in [1.29, 1.82) is 0 Å². The van der Waals surface area contributed by atoms with Gasteiger partial charge in [-0.1, -0.05) is 40.5 Å². The summed E-state index contributed by atoms with van der Waals surface area (Å²) in [6.07, 6.45) is 10.5. The van der Waals surface area contributed by atoms with Crippen LogP contribution in [0.25, 0.3) is 0 Å². The molecule has 1 unspecified atom stereocenters. The van der Waals surface area contributed by atoms with E-state index in [1.807, 2.05) is 6.92 Å². The minimum atomic E-state index is -0.689. The number of carbonyl (C=O) groups is 3. The Hall–Kier alpha value is -1.19. The molecule has 174 valence electrons. The lowest BCUT2D eigenvalue weighted by atomic mass is 9.44. The van der Waals surface area contributed by atoms with Crippen molar-refractivity contribution in [2.75, 3.05) is 0 Å². The molecule has 0 spiro atoms. The van der Waals surface area contributed by atoms with Crippen LogP contribution in [-0.2, 0) is 14.4 Å². The average molecular weight is 431 g/mol. The molecule has 4 aliphatic carbocycles. The van der Waals surface area contributed by atoms with Crippen LogP contribution in [0.2, 0.25) is 0 Å². The molecule has 31 heavy (non-hydrogen) atoms. The summed E-state index contributed by atoms with van der Waals surface area (Å²) in [5, 5.41) is 9.16. The van der Waals surface area contributed by atoms with E-state index in [9.17, 15) is 14.4 Å². The van der Waals surface area contributed by atoms with Crippen molar-refractivity contribution < 1.29 is 19.5 Å². The zero-order valence-electron chi connectivity index (χ0n) is 20.0. The van der Waals surface area contributed by atoms with Crippen LogP contribution in [0, 0.1) is 52.3 Å². The van der Waals surface area contributed by atoms with Crippen LogP contribution in [0.5, 0.6) is 0 Å². The Bertz CT molecular complexity index is 744. The maximum absolute atomic E-state index is 13.4. The van der Waals surface area contributed by atoms with E-state index in [4.69, 9.17) is 5.11 Å². The average Bonchev–Trinajstić information content (AvgIpc) is 3.06. The predicted octanol–water partition coefficient (Wildman–Crippen LogP) is 5.92. The van der Waals surface area contributed by atoms with Gasteiger partial charge in [0.25, 0.3) is 0 Å². The summed E-state index contributed by atoms with van der Waals surface area (Å²) in [4.78, 5) is 36.7. The summed E-state index contributed by atoms with van der Waals surface area (Å²) in [7, 11) is 0. The molecular formula is C27H42O4. The van der Waals surface area contributed by atoms with E-state index in [-0.39, 0.29) is 28.6 Å². The molecule has 0 aromatic carbocycles. The lowest BCUT2D eigenvalue weighted by Crippen LogP contribution is -2.57. The van der Waals surface area contributed by atoms with Gasteiger partial charge in [-0.25, -0.2) is 0 Å². The van der Waals surface area contributed by atoms with Gasteiger partial charge < -0.3 is 5.11 Å². The molecule has 0 bridgehead atoms. The van der Waals surface area contributed by atoms with E-state index in [2.05, 4.69) is 20.8 Å². The molecule has 0 aromatic heterocycles. The normalized spacial score (nSPS) is 44.2. The lowest BCUT2D eigenvalue weighted by molar-refractivity contribution is -0.159. The van der Waals surface area contributed by atoms with Gasteiger partial charge in [-0.3, -0.25) is 14.4 Å². The largest absolute Gasteiger partial charge is 0.481 e. The molecule has 4 fully saturated rings. The van der Waals surface area contributed by atoms with Crippen LogP contribution in [0.3, 0.4) is 0 Å². The Morgan fingerprint density at radius 2 is 1.71 bits per heavy atom. The van der Waals surface area contributed by atoms with E-state index in [0.717, 1.165) is 32.1 Å². The zero-order chi connectivity index (χ0) is 22.6. The van der Waals surface area contributed by atoms with E-state index in [1.54, 1.807) is 0 Å². The van der Waals surface area contributed by atoms with Crippen molar-refractivity contribution in [3.8, 4) is 0 Å². The van der Waals surface area contributed by atoms with Gasteiger partial charge in [0.2, 0.25) is 0 Å². The third-order valence-corrected chi connectivity index (χ3v) is 10.8. The second-order valence-corrected chi connectivity index (χ2v) is 12.2. The molecule has 0 saturated heterocycles. The van der Waals surface area contributed by atoms with Gasteiger partial charge in [0.15, 0.2) is 0 Å². The highest BCUT2D eigenvalue weighted by Gasteiger charge is 2.63. The number of carbonyl (C=O) groups excluding carboxylic acids is 2. The van der Waals surface area contributed by atoms with Crippen molar-refractivity contribution in [2.45, 2.75) is 98.3 Å². The van der Waals surface area contributed by atoms with Crippen LogP contribution >= 0.6 is 0 Å². The molecule has 4 heteroatoms. The fourth-order valence-corrected chi connectivity index (χ4v) is 8.77. The number of carboxylic acid groups (broad SMARTS) is 1. The fourth-order valence-electron chi connectivity index (χ4n) is 8.77. The molecule has 1 N–H and O–H groups in total. The number of rotatable bonds is 6. The highest BCUT2D eigenvalue weighted by Crippen LogP contribution is 2.67. The summed E-state index contributed by atoms with van der Waals surface area (Å²) < 4.78 is 0. The zero-order valence-corrected chi connectivity index (χ0v) is 20.0. The highest BCUT2D eigenvalue weighted by molar-refractivity contribution is 5.86. The first kappa shape index (κ1) is 23.0. The SMILES string of the molecule is CC(CCC[C@@H](C)[C@H]1CC[C@H]2[C@@H]3C(=O)C[C@H]4CC(=O)CC[C@]4(C)[C@H]3CC[C@]12C)C(=O)O. The molecule has 9 atom stereocenters. The molecule has 0 amide bonds. The minimum Gasteiger partial charge on any atom is -0.481 e. The summed E-state index contributed by atoms with van der Waals surface area (Å²) in [6, 6.07) is 0. The van der Waals surface area contributed by atoms with Crippen molar-refractivity contribution in [3.05, 3.63) is 0 Å². The van der Waals surface area contributed by atoms with Gasteiger partial charge in [0.05, 0.1) is 5.92 Å². The summed E-state index contributed by atoms with van der Waals surface area (Å²) in [5.74, 6) is 2.55. The van der Waals surface area contributed by atoms with Crippen LogP contribution in [0.4, 0.5) is 0 Å². The van der Waals surface area contributed by atoms with Gasteiger partial charge in [-0.2, -0.15) is 0 Å². The lowest BCUT2D eigenvalue weighted by Gasteiger charge is -2.59. The number of ketones is 2. The maximum Gasteiger partial charge on any atom is 0.306 e. The topological polar surface area (TPSA) is 71.4 Å². The van der Waals surface area contributed by atoms with Crippen LogP contribution in [-0.4, -0.2) is 22.6 Å². The number of fused-ring (bicyclic) bond motifs is 5. The van der Waals surface area contributed by atoms with Crippen molar-refractivity contribution in [2.24, 2.45) is 52.3 Å². The Labute approximate surface area is 187 Å². The second kappa shape index (κ2) is 8.30. The number of Topliss-reactive ketones (excluding diaryl/α,β-unsaturated/α-hetero) is 2. The van der Waals surface area contributed by atoms with Crippen LogP contribution in [0.1, 0.15) is 98.3 Å². The number of carboxylic acids is 1.